The summed E-state index contributed by atoms with van der Waals surface area (Å²) >= 11 is 3.56. The maximum absolute atomic E-state index is 12.9. The molecule has 3 aromatic rings. The van der Waals surface area contributed by atoms with Crippen LogP contribution in [0.5, 0.6) is 0 Å². The summed E-state index contributed by atoms with van der Waals surface area (Å²) in [6.07, 6.45) is 4.36. The zero-order chi connectivity index (χ0) is 18.1. The van der Waals surface area contributed by atoms with Crippen LogP contribution in [0.15, 0.2) is 46.8 Å². The van der Waals surface area contributed by atoms with Crippen LogP contribution in [-0.4, -0.2) is 21.7 Å². The Labute approximate surface area is 162 Å². The largest absolute Gasteiger partial charge is 0.294 e. The van der Waals surface area contributed by atoms with Gasteiger partial charge in [0.15, 0.2) is 5.78 Å². The normalized spacial score (nSPS) is 15.8. The number of carbonyl (C=O) groups excluding carboxylic acids is 1. The number of ketones is 1. The molecule has 5 heteroatoms. The molecule has 3 nitrogen and oxygen atoms in total. The van der Waals surface area contributed by atoms with Crippen LogP contribution in [0.2, 0.25) is 0 Å². The van der Waals surface area contributed by atoms with Crippen molar-refractivity contribution >= 4 is 28.9 Å². The van der Waals surface area contributed by atoms with Gasteiger partial charge in [0.05, 0.1) is 14.8 Å². The molecule has 1 aromatic carbocycles. The first-order valence-electron chi connectivity index (χ1n) is 8.89. The number of rotatable bonds is 5. The molecule has 0 spiro atoms. The van der Waals surface area contributed by atoms with Gasteiger partial charge < -0.3 is 0 Å². The second kappa shape index (κ2) is 7.05. The van der Waals surface area contributed by atoms with E-state index in [0.717, 1.165) is 29.9 Å². The van der Waals surface area contributed by atoms with Crippen LogP contribution in [0.4, 0.5) is 0 Å². The summed E-state index contributed by atoms with van der Waals surface area (Å²) < 4.78 is 1.17. The number of aromatic amines is 1. The lowest BCUT2D eigenvalue weighted by Gasteiger charge is -2.29. The molecule has 4 rings (SSSR count). The van der Waals surface area contributed by atoms with E-state index < -0.39 is 0 Å². The highest BCUT2D eigenvalue weighted by atomic mass is 32.2. The highest BCUT2D eigenvalue weighted by Gasteiger charge is 2.36. The molecule has 0 bridgehead atoms. The summed E-state index contributed by atoms with van der Waals surface area (Å²) in [7, 11) is 0. The highest BCUT2D eigenvalue weighted by molar-refractivity contribution is 8.01. The molecular formula is C21H22N2OS2. The number of carbonyl (C=O) groups is 1. The minimum atomic E-state index is 0.0197. The Balaban J connectivity index is 1.64. The van der Waals surface area contributed by atoms with Crippen LogP contribution < -0.4 is 0 Å². The molecule has 134 valence electrons. The average Bonchev–Trinajstić information content (AvgIpc) is 3.23. The van der Waals surface area contributed by atoms with Crippen molar-refractivity contribution in [2.45, 2.75) is 37.3 Å². The second-order valence-electron chi connectivity index (χ2n) is 7.57. The molecule has 0 atom stereocenters. The standard InChI is InChI=1S/C21H22N2OS2/c1-21(2)12-15-18(17(24)13-21)20(26-19(15)16-8-10-22-23-16)25-11-9-14-6-4-3-5-7-14/h3-8,10H,9,11-13H2,1-2H3,(H,22,23). The van der Waals surface area contributed by atoms with Crippen molar-refractivity contribution < 1.29 is 4.79 Å². The van der Waals surface area contributed by atoms with Gasteiger partial charge in [0.1, 0.15) is 0 Å². The molecule has 1 N–H and O–H groups in total. The smallest absolute Gasteiger partial charge is 0.165 e. The molecular weight excluding hydrogens is 360 g/mol. The zero-order valence-corrected chi connectivity index (χ0v) is 16.7. The van der Waals surface area contributed by atoms with Crippen molar-refractivity contribution in [2.24, 2.45) is 5.41 Å². The van der Waals surface area contributed by atoms with E-state index in [0.29, 0.717) is 12.2 Å². The summed E-state index contributed by atoms with van der Waals surface area (Å²) in [4.78, 5) is 14.1. The number of hydrogen-bond acceptors (Lipinski definition) is 4. The number of aromatic nitrogens is 2. The van der Waals surface area contributed by atoms with E-state index in [1.807, 2.05) is 23.9 Å². The van der Waals surface area contributed by atoms with Gasteiger partial charge in [0.25, 0.3) is 0 Å². The number of nitrogens with one attached hydrogen (secondary N) is 1. The van der Waals surface area contributed by atoms with E-state index in [1.54, 1.807) is 17.5 Å². The maximum atomic E-state index is 12.9. The third-order valence-corrected chi connectivity index (χ3v) is 7.30. The van der Waals surface area contributed by atoms with E-state index in [1.165, 1.54) is 20.2 Å². The van der Waals surface area contributed by atoms with Gasteiger partial charge in [0, 0.05) is 23.9 Å². The molecule has 0 fully saturated rings. The van der Waals surface area contributed by atoms with Gasteiger partial charge in [-0.25, -0.2) is 0 Å². The van der Waals surface area contributed by atoms with E-state index in [4.69, 9.17) is 0 Å². The molecule has 26 heavy (non-hydrogen) atoms. The summed E-state index contributed by atoms with van der Waals surface area (Å²) in [5.41, 5.74) is 4.56. The summed E-state index contributed by atoms with van der Waals surface area (Å²) in [6.45, 7) is 4.37. The van der Waals surface area contributed by atoms with Crippen LogP contribution in [0.1, 0.15) is 41.8 Å². The molecule has 0 amide bonds. The minimum absolute atomic E-state index is 0.0197. The van der Waals surface area contributed by atoms with Crippen molar-refractivity contribution in [3.8, 4) is 10.6 Å². The monoisotopic (exact) mass is 382 g/mol. The number of Topliss-reactive ketones (excluding diaryl/α,β-unsaturated/α-hetero) is 1. The quantitative estimate of drug-likeness (QED) is 0.582. The third kappa shape index (κ3) is 3.51. The van der Waals surface area contributed by atoms with Crippen LogP contribution in [0.3, 0.4) is 0 Å². The number of thiophene rings is 1. The molecule has 0 radical (unpaired) electrons. The van der Waals surface area contributed by atoms with Gasteiger partial charge in [-0.1, -0.05) is 44.2 Å². The van der Waals surface area contributed by atoms with Gasteiger partial charge in [-0.15, -0.1) is 23.1 Å². The lowest BCUT2D eigenvalue weighted by molar-refractivity contribution is 0.0910. The third-order valence-electron chi connectivity index (χ3n) is 4.76. The number of H-pyrrole nitrogens is 1. The number of hydrogen-bond donors (Lipinski definition) is 1. The summed E-state index contributed by atoms with van der Waals surface area (Å²) in [6, 6.07) is 12.5. The predicted molar refractivity (Wildman–Crippen MR) is 109 cm³/mol. The van der Waals surface area contributed by atoms with Crippen LogP contribution >= 0.6 is 23.1 Å². The first-order valence-corrected chi connectivity index (χ1v) is 10.7. The van der Waals surface area contributed by atoms with E-state index in [-0.39, 0.29) is 5.41 Å². The summed E-state index contributed by atoms with van der Waals surface area (Å²) in [5, 5.41) is 7.18. The fourth-order valence-corrected chi connectivity index (χ4v) is 6.25. The van der Waals surface area contributed by atoms with Gasteiger partial charge in [-0.3, -0.25) is 9.89 Å². The zero-order valence-electron chi connectivity index (χ0n) is 15.0. The fraction of sp³-hybridized carbons (Fsp3) is 0.333. The van der Waals surface area contributed by atoms with E-state index in [2.05, 4.69) is 48.3 Å². The molecule has 2 aromatic heterocycles. The number of nitrogens with zero attached hydrogens (tertiary/aromatic N) is 1. The first kappa shape index (κ1) is 17.6. The fourth-order valence-electron chi connectivity index (χ4n) is 3.56. The van der Waals surface area contributed by atoms with E-state index >= 15 is 0 Å². The van der Waals surface area contributed by atoms with Crippen LogP contribution in [0, 0.1) is 5.41 Å². The summed E-state index contributed by atoms with van der Waals surface area (Å²) in [5.74, 6) is 1.27. The van der Waals surface area contributed by atoms with Crippen molar-refractivity contribution in [3.63, 3.8) is 0 Å². The number of benzene rings is 1. The Bertz CT molecular complexity index is 911. The molecule has 1 aliphatic rings. The van der Waals surface area contributed by atoms with Gasteiger partial charge in [-0.05, 0) is 35.4 Å². The number of fused-ring (bicyclic) bond motifs is 1. The Morgan fingerprint density at radius 1 is 1.19 bits per heavy atom. The van der Waals surface area contributed by atoms with Crippen molar-refractivity contribution in [1.29, 1.82) is 0 Å². The van der Waals surface area contributed by atoms with Crippen molar-refractivity contribution in [2.75, 3.05) is 5.75 Å². The number of thioether (sulfide) groups is 1. The van der Waals surface area contributed by atoms with Crippen molar-refractivity contribution in [3.05, 3.63) is 59.3 Å². The average molecular weight is 383 g/mol. The van der Waals surface area contributed by atoms with Gasteiger partial charge in [-0.2, -0.15) is 5.10 Å². The molecule has 0 saturated carbocycles. The van der Waals surface area contributed by atoms with Crippen LogP contribution in [-0.2, 0) is 12.8 Å². The molecule has 2 heterocycles. The lowest BCUT2D eigenvalue weighted by Crippen LogP contribution is -2.26. The maximum Gasteiger partial charge on any atom is 0.165 e. The topological polar surface area (TPSA) is 45.8 Å². The Hall–Kier alpha value is -1.85. The lowest BCUT2D eigenvalue weighted by atomic mass is 9.74. The van der Waals surface area contributed by atoms with Crippen molar-refractivity contribution in [1.82, 2.24) is 10.2 Å². The Morgan fingerprint density at radius 2 is 2.00 bits per heavy atom. The second-order valence-corrected chi connectivity index (χ2v) is 9.95. The minimum Gasteiger partial charge on any atom is -0.294 e. The SMILES string of the molecule is CC1(C)CC(=O)c2c(SCCc3ccccc3)sc(-c3ccn[nH]3)c2C1. The first-order chi connectivity index (χ1) is 12.5. The number of aryl methyl sites for hydroxylation is 1. The van der Waals surface area contributed by atoms with Gasteiger partial charge in [0.2, 0.25) is 0 Å². The molecule has 1 aliphatic carbocycles. The highest BCUT2D eigenvalue weighted by Crippen LogP contribution is 2.48. The Kier molecular flexibility index (Phi) is 4.76. The molecule has 0 aliphatic heterocycles. The molecule has 0 saturated heterocycles. The predicted octanol–water partition coefficient (Wildman–Crippen LogP) is 5.63. The Morgan fingerprint density at radius 3 is 2.73 bits per heavy atom. The van der Waals surface area contributed by atoms with Gasteiger partial charge >= 0.3 is 0 Å². The van der Waals surface area contributed by atoms with Crippen LogP contribution in [0.25, 0.3) is 10.6 Å². The van der Waals surface area contributed by atoms with E-state index in [9.17, 15) is 4.79 Å². The molecule has 0 unspecified atom stereocenters.